The Morgan fingerprint density at radius 1 is 1.12 bits per heavy atom. The topological polar surface area (TPSA) is 77.3 Å². The van der Waals surface area contributed by atoms with Crippen LogP contribution in [0.2, 0.25) is 0 Å². The van der Waals surface area contributed by atoms with E-state index in [1.165, 1.54) is 24.3 Å². The van der Waals surface area contributed by atoms with E-state index in [-0.39, 0.29) is 23.2 Å². The molecule has 6 nitrogen and oxygen atoms in total. The largest absolute Gasteiger partial charge is 0.438 e. The highest BCUT2D eigenvalue weighted by molar-refractivity contribution is 5.71. The lowest BCUT2D eigenvalue weighted by Crippen LogP contribution is -2.00. The van der Waals surface area contributed by atoms with Gasteiger partial charge in [0.25, 0.3) is 0 Å². The number of hydrogen-bond donors (Lipinski definition) is 1. The molecule has 126 valence electrons. The number of halogens is 1. The number of aromatic nitrogens is 1. The molecule has 0 fully saturated rings. The highest BCUT2D eigenvalue weighted by Crippen LogP contribution is 2.34. The number of rotatable bonds is 5. The van der Waals surface area contributed by atoms with E-state index in [1.54, 1.807) is 37.4 Å². The maximum absolute atomic E-state index is 13.5. The van der Waals surface area contributed by atoms with Crippen LogP contribution in [0.5, 0.6) is 11.6 Å². The number of benzene rings is 2. The first-order chi connectivity index (χ1) is 12.1. The molecule has 0 aliphatic carbocycles. The molecule has 0 saturated carbocycles. The third-order valence-electron chi connectivity index (χ3n) is 3.52. The van der Waals surface area contributed by atoms with Crippen molar-refractivity contribution in [2.24, 2.45) is 0 Å². The molecule has 0 atom stereocenters. The van der Waals surface area contributed by atoms with Crippen LogP contribution in [0.1, 0.15) is 0 Å². The van der Waals surface area contributed by atoms with Crippen molar-refractivity contribution in [3.05, 3.63) is 76.6 Å². The normalized spacial score (nSPS) is 10.3. The molecule has 0 amide bonds. The van der Waals surface area contributed by atoms with Gasteiger partial charge >= 0.3 is 5.69 Å². The monoisotopic (exact) mass is 339 g/mol. The fourth-order valence-corrected chi connectivity index (χ4v) is 2.38. The van der Waals surface area contributed by atoms with Crippen LogP contribution < -0.4 is 10.1 Å². The second kappa shape index (κ2) is 6.96. The lowest BCUT2D eigenvalue weighted by molar-refractivity contribution is -0.384. The smallest absolute Gasteiger partial charge is 0.311 e. The summed E-state index contributed by atoms with van der Waals surface area (Å²) in [5.41, 5.74) is 1.20. The molecule has 1 N–H and O–H groups in total. The summed E-state index contributed by atoms with van der Waals surface area (Å²) in [6, 6.07) is 16.0. The summed E-state index contributed by atoms with van der Waals surface area (Å²) in [4.78, 5) is 14.6. The first-order valence-electron chi connectivity index (χ1n) is 7.44. The molecule has 0 radical (unpaired) electrons. The molecule has 0 unspecified atom stereocenters. The van der Waals surface area contributed by atoms with Crippen LogP contribution in [0.3, 0.4) is 0 Å². The van der Waals surface area contributed by atoms with E-state index in [4.69, 9.17) is 4.74 Å². The third-order valence-corrected chi connectivity index (χ3v) is 3.52. The molecule has 0 bridgehead atoms. The summed E-state index contributed by atoms with van der Waals surface area (Å²) >= 11 is 0. The summed E-state index contributed by atoms with van der Waals surface area (Å²) in [5.74, 6) is 0.416. The van der Waals surface area contributed by atoms with Crippen molar-refractivity contribution in [3.63, 3.8) is 0 Å². The summed E-state index contributed by atoms with van der Waals surface area (Å²) in [5, 5.41) is 13.6. The van der Waals surface area contributed by atoms with E-state index in [2.05, 4.69) is 10.3 Å². The first kappa shape index (κ1) is 16.4. The average molecular weight is 339 g/mol. The minimum Gasteiger partial charge on any atom is -0.438 e. The highest BCUT2D eigenvalue weighted by atomic mass is 19.1. The van der Waals surface area contributed by atoms with Gasteiger partial charge in [-0.1, -0.05) is 30.3 Å². The van der Waals surface area contributed by atoms with Crippen LogP contribution in [0, 0.1) is 15.9 Å². The molecule has 2 aromatic carbocycles. The third kappa shape index (κ3) is 3.55. The molecule has 7 heteroatoms. The van der Waals surface area contributed by atoms with Gasteiger partial charge in [0.15, 0.2) is 0 Å². The van der Waals surface area contributed by atoms with Crippen LogP contribution >= 0.6 is 0 Å². The van der Waals surface area contributed by atoms with Crippen molar-refractivity contribution in [2.45, 2.75) is 0 Å². The van der Waals surface area contributed by atoms with Gasteiger partial charge in [0.1, 0.15) is 11.6 Å². The van der Waals surface area contributed by atoms with Gasteiger partial charge in [-0.05, 0) is 23.8 Å². The van der Waals surface area contributed by atoms with Crippen molar-refractivity contribution < 1.29 is 14.1 Å². The van der Waals surface area contributed by atoms with E-state index in [1.807, 2.05) is 6.07 Å². The number of para-hydroxylation sites is 1. The zero-order valence-corrected chi connectivity index (χ0v) is 13.3. The minimum atomic E-state index is -0.524. The van der Waals surface area contributed by atoms with Crippen LogP contribution in [-0.4, -0.2) is 17.0 Å². The summed E-state index contributed by atoms with van der Waals surface area (Å²) in [6.45, 7) is 0. The van der Waals surface area contributed by atoms with Gasteiger partial charge in [-0.15, -0.1) is 0 Å². The van der Waals surface area contributed by atoms with E-state index >= 15 is 0 Å². The molecule has 3 aromatic rings. The SMILES string of the molecule is CNc1nc(Oc2ccccc2-c2cccc(F)c2)ccc1[N+](=O)[O-]. The molecular weight excluding hydrogens is 325 g/mol. The van der Waals surface area contributed by atoms with Crippen molar-refractivity contribution in [2.75, 3.05) is 12.4 Å². The molecule has 0 aliphatic heterocycles. The fourth-order valence-electron chi connectivity index (χ4n) is 2.38. The van der Waals surface area contributed by atoms with Crippen molar-refractivity contribution in [1.29, 1.82) is 0 Å². The van der Waals surface area contributed by atoms with Crippen LogP contribution in [-0.2, 0) is 0 Å². The number of nitro groups is 1. The van der Waals surface area contributed by atoms with Crippen molar-refractivity contribution in [1.82, 2.24) is 4.98 Å². The second-order valence-electron chi connectivity index (χ2n) is 5.13. The minimum absolute atomic E-state index is 0.103. The van der Waals surface area contributed by atoms with Gasteiger partial charge in [-0.25, -0.2) is 4.39 Å². The number of nitrogens with one attached hydrogen (secondary N) is 1. The number of anilines is 1. The Labute approximate surface area is 143 Å². The summed E-state index contributed by atoms with van der Waals surface area (Å²) < 4.78 is 19.3. The number of pyridine rings is 1. The van der Waals surface area contributed by atoms with E-state index in [0.717, 1.165) is 0 Å². The quantitative estimate of drug-likeness (QED) is 0.542. The van der Waals surface area contributed by atoms with Crippen molar-refractivity contribution >= 4 is 11.5 Å². The van der Waals surface area contributed by atoms with Gasteiger partial charge in [-0.2, -0.15) is 4.98 Å². The average Bonchev–Trinajstić information content (AvgIpc) is 2.62. The van der Waals surface area contributed by atoms with Crippen LogP contribution in [0.25, 0.3) is 11.1 Å². The van der Waals surface area contributed by atoms with Gasteiger partial charge in [0.05, 0.1) is 4.92 Å². The molecule has 1 heterocycles. The molecule has 25 heavy (non-hydrogen) atoms. The fraction of sp³-hybridized carbons (Fsp3) is 0.0556. The Hall–Kier alpha value is -3.48. The highest BCUT2D eigenvalue weighted by Gasteiger charge is 2.16. The van der Waals surface area contributed by atoms with Crippen molar-refractivity contribution in [3.8, 4) is 22.8 Å². The second-order valence-corrected chi connectivity index (χ2v) is 5.13. The Kier molecular flexibility index (Phi) is 4.56. The maximum atomic E-state index is 13.5. The van der Waals surface area contributed by atoms with Gasteiger partial charge in [0, 0.05) is 24.7 Å². The number of ether oxygens (including phenoxy) is 1. The van der Waals surface area contributed by atoms with E-state index < -0.39 is 4.92 Å². The molecular formula is C18H14FN3O3. The maximum Gasteiger partial charge on any atom is 0.311 e. The van der Waals surface area contributed by atoms with Crippen LogP contribution in [0.15, 0.2) is 60.7 Å². The van der Waals surface area contributed by atoms with Crippen LogP contribution in [0.4, 0.5) is 15.9 Å². The summed E-state index contributed by atoms with van der Waals surface area (Å²) in [6.07, 6.45) is 0. The summed E-state index contributed by atoms with van der Waals surface area (Å²) in [7, 11) is 1.54. The Balaban J connectivity index is 1.98. The Bertz CT molecular complexity index is 931. The standard InChI is InChI=1S/C18H14FN3O3/c1-20-18-15(22(23)24)9-10-17(21-18)25-16-8-3-2-7-14(16)12-5-4-6-13(19)11-12/h2-11H,1H3,(H,20,21). The molecule has 0 aliphatic rings. The molecule has 0 spiro atoms. The number of nitrogens with zero attached hydrogens (tertiary/aromatic N) is 2. The lowest BCUT2D eigenvalue weighted by atomic mass is 10.0. The van der Waals surface area contributed by atoms with Gasteiger partial charge < -0.3 is 10.1 Å². The molecule has 3 rings (SSSR count). The van der Waals surface area contributed by atoms with Gasteiger partial charge in [0.2, 0.25) is 11.7 Å². The lowest BCUT2D eigenvalue weighted by Gasteiger charge is -2.11. The predicted octanol–water partition coefficient (Wildman–Crippen LogP) is 4.63. The number of hydrogen-bond acceptors (Lipinski definition) is 5. The predicted molar refractivity (Wildman–Crippen MR) is 92.3 cm³/mol. The van der Waals surface area contributed by atoms with Gasteiger partial charge in [-0.3, -0.25) is 10.1 Å². The zero-order valence-electron chi connectivity index (χ0n) is 13.3. The Morgan fingerprint density at radius 2 is 1.92 bits per heavy atom. The van der Waals surface area contributed by atoms with E-state index in [0.29, 0.717) is 16.9 Å². The van der Waals surface area contributed by atoms with E-state index in [9.17, 15) is 14.5 Å². The Morgan fingerprint density at radius 3 is 2.64 bits per heavy atom. The first-order valence-corrected chi connectivity index (χ1v) is 7.44. The molecule has 1 aromatic heterocycles. The zero-order chi connectivity index (χ0) is 17.8. The molecule has 0 saturated heterocycles.